The van der Waals surface area contributed by atoms with Gasteiger partial charge in [0.2, 0.25) is 10.0 Å². The number of rotatable bonds is 2. The van der Waals surface area contributed by atoms with Gasteiger partial charge in [-0.1, -0.05) is 6.07 Å². The SMILES string of the molecule is Cc1ccc(S(=O)(=O)N2C[C@@H](O)[C@@H](O)C2)c(N)c1. The number of anilines is 1. The molecule has 1 aliphatic heterocycles. The first-order valence-electron chi connectivity index (χ1n) is 5.55. The van der Waals surface area contributed by atoms with Crippen molar-refractivity contribution in [2.45, 2.75) is 24.0 Å². The van der Waals surface area contributed by atoms with Crippen LogP contribution in [0.15, 0.2) is 23.1 Å². The van der Waals surface area contributed by atoms with Crippen LogP contribution in [0, 0.1) is 6.92 Å². The Labute approximate surface area is 106 Å². The Morgan fingerprint density at radius 2 is 1.83 bits per heavy atom. The first-order valence-corrected chi connectivity index (χ1v) is 6.99. The fourth-order valence-electron chi connectivity index (χ4n) is 1.97. The predicted octanol–water partition coefficient (Wildman–Crippen LogP) is -0.697. The summed E-state index contributed by atoms with van der Waals surface area (Å²) in [5, 5.41) is 18.8. The Morgan fingerprint density at radius 3 is 2.33 bits per heavy atom. The van der Waals surface area contributed by atoms with E-state index >= 15 is 0 Å². The van der Waals surface area contributed by atoms with E-state index in [0.717, 1.165) is 9.87 Å². The van der Waals surface area contributed by atoms with Crippen molar-refractivity contribution in [2.24, 2.45) is 0 Å². The molecule has 0 bridgehead atoms. The van der Waals surface area contributed by atoms with E-state index in [9.17, 15) is 18.6 Å². The largest absolute Gasteiger partial charge is 0.398 e. The highest BCUT2D eigenvalue weighted by molar-refractivity contribution is 7.89. The second-order valence-corrected chi connectivity index (χ2v) is 6.40. The summed E-state index contributed by atoms with van der Waals surface area (Å²) >= 11 is 0. The zero-order chi connectivity index (χ0) is 13.5. The third kappa shape index (κ3) is 2.22. The van der Waals surface area contributed by atoms with Crippen molar-refractivity contribution in [1.82, 2.24) is 4.31 Å². The number of nitrogens with two attached hydrogens (primary N) is 1. The third-order valence-corrected chi connectivity index (χ3v) is 4.91. The first kappa shape index (κ1) is 13.3. The number of β-amino-alcohol motifs (C(OH)–C–C–N with tert-alkyl or cyclic N) is 2. The standard InChI is InChI=1S/C11H16N2O4S/c1-7-2-3-11(8(12)4-7)18(16,17)13-5-9(14)10(15)6-13/h2-4,9-10,14-15H,5-6,12H2,1H3/t9-,10+. The molecule has 18 heavy (non-hydrogen) atoms. The maximum absolute atomic E-state index is 12.3. The zero-order valence-electron chi connectivity index (χ0n) is 9.94. The summed E-state index contributed by atoms with van der Waals surface area (Å²) in [6.07, 6.45) is -2.10. The molecule has 0 amide bonds. The monoisotopic (exact) mass is 272 g/mol. The third-order valence-electron chi connectivity index (χ3n) is 3.01. The lowest BCUT2D eigenvalue weighted by Crippen LogP contribution is -2.30. The van der Waals surface area contributed by atoms with Gasteiger partial charge in [-0.3, -0.25) is 0 Å². The van der Waals surface area contributed by atoms with E-state index in [1.807, 2.05) is 6.92 Å². The van der Waals surface area contributed by atoms with Crippen molar-refractivity contribution in [3.63, 3.8) is 0 Å². The van der Waals surface area contributed by atoms with Crippen LogP contribution in [0.1, 0.15) is 5.56 Å². The predicted molar refractivity (Wildman–Crippen MR) is 66.4 cm³/mol. The highest BCUT2D eigenvalue weighted by Gasteiger charge is 2.38. The van der Waals surface area contributed by atoms with Gasteiger partial charge >= 0.3 is 0 Å². The van der Waals surface area contributed by atoms with E-state index < -0.39 is 22.2 Å². The number of nitrogen functional groups attached to an aromatic ring is 1. The van der Waals surface area contributed by atoms with Crippen molar-refractivity contribution in [1.29, 1.82) is 0 Å². The first-order chi connectivity index (χ1) is 8.32. The second kappa shape index (κ2) is 4.51. The fraction of sp³-hybridized carbons (Fsp3) is 0.455. The highest BCUT2D eigenvalue weighted by Crippen LogP contribution is 2.26. The number of hydrogen-bond acceptors (Lipinski definition) is 5. The van der Waals surface area contributed by atoms with Crippen LogP contribution in [0.3, 0.4) is 0 Å². The molecule has 1 aromatic carbocycles. The van der Waals surface area contributed by atoms with Crippen LogP contribution in [-0.2, 0) is 10.0 Å². The summed E-state index contributed by atoms with van der Waals surface area (Å²) in [7, 11) is -3.76. The van der Waals surface area contributed by atoms with E-state index in [1.54, 1.807) is 12.1 Å². The molecule has 0 radical (unpaired) electrons. The lowest BCUT2D eigenvalue weighted by atomic mass is 10.2. The summed E-state index contributed by atoms with van der Waals surface area (Å²) in [6.45, 7) is 1.59. The average molecular weight is 272 g/mol. The second-order valence-electron chi connectivity index (χ2n) is 4.50. The van der Waals surface area contributed by atoms with Gasteiger partial charge in [0.25, 0.3) is 0 Å². The van der Waals surface area contributed by atoms with Gasteiger partial charge in [0.15, 0.2) is 0 Å². The minimum absolute atomic E-state index is 0.00870. The van der Waals surface area contributed by atoms with Gasteiger partial charge in [-0.15, -0.1) is 0 Å². The van der Waals surface area contributed by atoms with E-state index in [1.165, 1.54) is 6.07 Å². The molecule has 6 nitrogen and oxygen atoms in total. The molecule has 1 aliphatic rings. The van der Waals surface area contributed by atoms with Crippen molar-refractivity contribution in [3.8, 4) is 0 Å². The van der Waals surface area contributed by atoms with Crippen molar-refractivity contribution >= 4 is 15.7 Å². The number of aryl methyl sites for hydroxylation is 1. The van der Waals surface area contributed by atoms with E-state index in [2.05, 4.69) is 0 Å². The van der Waals surface area contributed by atoms with Gasteiger partial charge in [-0.2, -0.15) is 4.31 Å². The Hall–Kier alpha value is -1.15. The van der Waals surface area contributed by atoms with Crippen molar-refractivity contribution in [2.75, 3.05) is 18.8 Å². The summed E-state index contributed by atoms with van der Waals surface area (Å²) in [5.41, 5.74) is 6.75. The molecule has 0 aromatic heterocycles. The molecule has 1 aromatic rings. The number of sulfonamides is 1. The molecule has 0 saturated carbocycles. The van der Waals surface area contributed by atoms with E-state index in [0.29, 0.717) is 0 Å². The van der Waals surface area contributed by atoms with Crippen LogP contribution in [0.5, 0.6) is 0 Å². The van der Waals surface area contributed by atoms with Crippen molar-refractivity contribution < 1.29 is 18.6 Å². The number of hydrogen-bond donors (Lipinski definition) is 3. The number of benzene rings is 1. The Balaban J connectivity index is 2.37. The van der Waals surface area contributed by atoms with Gasteiger partial charge in [0.1, 0.15) is 4.90 Å². The van der Waals surface area contributed by atoms with Gasteiger partial charge < -0.3 is 15.9 Å². The van der Waals surface area contributed by atoms with Crippen LogP contribution >= 0.6 is 0 Å². The Morgan fingerprint density at radius 1 is 1.28 bits per heavy atom. The lowest BCUT2D eigenvalue weighted by molar-refractivity contribution is 0.0572. The number of aliphatic hydroxyl groups excluding tert-OH is 2. The van der Waals surface area contributed by atoms with Crippen LogP contribution in [0.25, 0.3) is 0 Å². The molecule has 7 heteroatoms. The Kier molecular flexibility index (Phi) is 3.33. The van der Waals surface area contributed by atoms with Gasteiger partial charge in [0.05, 0.1) is 17.9 Å². The molecule has 2 atom stereocenters. The molecule has 0 unspecified atom stereocenters. The summed E-state index contributed by atoms with van der Waals surface area (Å²) in [6, 6.07) is 4.68. The molecule has 1 fully saturated rings. The molecule has 100 valence electrons. The lowest BCUT2D eigenvalue weighted by Gasteiger charge is -2.17. The normalized spacial score (nSPS) is 25.5. The maximum atomic E-state index is 12.3. The number of nitrogens with zero attached hydrogens (tertiary/aromatic N) is 1. The maximum Gasteiger partial charge on any atom is 0.245 e. The topological polar surface area (TPSA) is 104 Å². The van der Waals surface area contributed by atoms with Crippen LogP contribution in [-0.4, -0.2) is 48.2 Å². The van der Waals surface area contributed by atoms with Gasteiger partial charge in [-0.05, 0) is 24.6 Å². The van der Waals surface area contributed by atoms with Gasteiger partial charge in [-0.25, -0.2) is 8.42 Å². The molecule has 1 saturated heterocycles. The summed E-state index contributed by atoms with van der Waals surface area (Å²) in [4.78, 5) is 0.00870. The fourth-order valence-corrected chi connectivity index (χ4v) is 3.55. The molecule has 2 rings (SSSR count). The Bertz CT molecular complexity index is 548. The van der Waals surface area contributed by atoms with E-state index in [-0.39, 0.29) is 23.7 Å². The molecular weight excluding hydrogens is 256 g/mol. The number of aliphatic hydroxyl groups is 2. The van der Waals surface area contributed by atoms with Crippen LogP contribution in [0.4, 0.5) is 5.69 Å². The molecule has 0 aliphatic carbocycles. The molecule has 4 N–H and O–H groups in total. The van der Waals surface area contributed by atoms with Crippen LogP contribution in [0.2, 0.25) is 0 Å². The average Bonchev–Trinajstić information content (AvgIpc) is 2.59. The van der Waals surface area contributed by atoms with E-state index in [4.69, 9.17) is 5.73 Å². The minimum atomic E-state index is -3.76. The minimum Gasteiger partial charge on any atom is -0.398 e. The molecule has 1 heterocycles. The van der Waals surface area contributed by atoms with Crippen LogP contribution < -0.4 is 5.73 Å². The smallest absolute Gasteiger partial charge is 0.245 e. The zero-order valence-corrected chi connectivity index (χ0v) is 10.8. The van der Waals surface area contributed by atoms with Gasteiger partial charge in [0, 0.05) is 13.1 Å². The summed E-state index contributed by atoms with van der Waals surface area (Å²) in [5.74, 6) is 0. The summed E-state index contributed by atoms with van der Waals surface area (Å²) < 4.78 is 25.6. The molecule has 0 spiro atoms. The molecular formula is C11H16N2O4S. The van der Waals surface area contributed by atoms with Crippen molar-refractivity contribution in [3.05, 3.63) is 23.8 Å². The quantitative estimate of drug-likeness (QED) is 0.618. The highest BCUT2D eigenvalue weighted by atomic mass is 32.2.